The zero-order chi connectivity index (χ0) is 10.2. The molecule has 0 amide bonds. The molecule has 1 aliphatic rings. The average Bonchev–Trinajstić information content (AvgIpc) is 2.14. The summed E-state index contributed by atoms with van der Waals surface area (Å²) in [5.74, 6) is 0. The molecule has 14 heavy (non-hydrogen) atoms. The summed E-state index contributed by atoms with van der Waals surface area (Å²) in [6.45, 7) is 4.38. The third-order valence-electron chi connectivity index (χ3n) is 3.54. The second-order valence-corrected chi connectivity index (χ2v) is 4.50. The predicted octanol–water partition coefficient (Wildman–Crippen LogP) is 2.90. The Morgan fingerprint density at radius 1 is 1.36 bits per heavy atom. The van der Waals surface area contributed by atoms with Crippen molar-refractivity contribution < 1.29 is 0 Å². The highest BCUT2D eigenvalue weighted by Gasteiger charge is 2.34. The predicted molar refractivity (Wildman–Crippen MR) is 60.3 cm³/mol. The largest absolute Gasteiger partial charge is 0.321 e. The zero-order valence-electron chi connectivity index (χ0n) is 9.14. The molecule has 0 saturated heterocycles. The molecule has 1 heteroatoms. The van der Waals surface area contributed by atoms with Crippen molar-refractivity contribution in [2.75, 3.05) is 0 Å². The standard InChI is InChI=1S/C13H19N/c1-3-11-5-6-12(9-10(11)2)13(14)7-4-8-13/h5-6,9H,3-4,7-8,14H2,1-2H3. The van der Waals surface area contributed by atoms with Crippen molar-refractivity contribution in [2.45, 2.75) is 45.1 Å². The molecular weight excluding hydrogens is 170 g/mol. The lowest BCUT2D eigenvalue weighted by molar-refractivity contribution is 0.253. The molecule has 2 rings (SSSR count). The van der Waals surface area contributed by atoms with E-state index in [1.807, 2.05) is 0 Å². The van der Waals surface area contributed by atoms with Gasteiger partial charge >= 0.3 is 0 Å². The SMILES string of the molecule is CCc1ccc(C2(N)CCC2)cc1C. The summed E-state index contributed by atoms with van der Waals surface area (Å²) in [5.41, 5.74) is 10.4. The minimum absolute atomic E-state index is 0.00295. The Bertz CT molecular complexity index is 337. The van der Waals surface area contributed by atoms with Gasteiger partial charge in [0.1, 0.15) is 0 Å². The van der Waals surface area contributed by atoms with E-state index < -0.39 is 0 Å². The van der Waals surface area contributed by atoms with E-state index in [1.165, 1.54) is 23.1 Å². The van der Waals surface area contributed by atoms with Gasteiger partial charge < -0.3 is 5.73 Å². The van der Waals surface area contributed by atoms with Crippen molar-refractivity contribution in [3.8, 4) is 0 Å². The van der Waals surface area contributed by atoms with Gasteiger partial charge in [0.15, 0.2) is 0 Å². The minimum Gasteiger partial charge on any atom is -0.321 e. The Labute approximate surface area is 86.3 Å². The highest BCUT2D eigenvalue weighted by molar-refractivity contribution is 5.35. The Morgan fingerprint density at radius 2 is 2.07 bits per heavy atom. The number of nitrogens with two attached hydrogens (primary N) is 1. The van der Waals surface area contributed by atoms with E-state index >= 15 is 0 Å². The molecular formula is C13H19N. The minimum atomic E-state index is -0.00295. The first-order chi connectivity index (χ1) is 6.65. The number of rotatable bonds is 2. The van der Waals surface area contributed by atoms with Crippen LogP contribution in [-0.4, -0.2) is 0 Å². The molecule has 0 bridgehead atoms. The van der Waals surface area contributed by atoms with E-state index in [2.05, 4.69) is 32.0 Å². The Balaban J connectivity index is 2.32. The third-order valence-corrected chi connectivity index (χ3v) is 3.54. The van der Waals surface area contributed by atoms with Crippen molar-refractivity contribution in [2.24, 2.45) is 5.73 Å². The van der Waals surface area contributed by atoms with Gasteiger partial charge in [-0.05, 0) is 49.3 Å². The van der Waals surface area contributed by atoms with E-state index in [0.717, 1.165) is 19.3 Å². The molecule has 0 unspecified atom stereocenters. The fourth-order valence-corrected chi connectivity index (χ4v) is 2.25. The first-order valence-corrected chi connectivity index (χ1v) is 5.54. The van der Waals surface area contributed by atoms with Crippen LogP contribution < -0.4 is 5.73 Å². The fraction of sp³-hybridized carbons (Fsp3) is 0.538. The van der Waals surface area contributed by atoms with Gasteiger partial charge in [0.05, 0.1) is 0 Å². The van der Waals surface area contributed by atoms with Crippen LogP contribution in [-0.2, 0) is 12.0 Å². The quantitative estimate of drug-likeness (QED) is 0.760. The van der Waals surface area contributed by atoms with Crippen molar-refractivity contribution in [3.63, 3.8) is 0 Å². The van der Waals surface area contributed by atoms with E-state index in [-0.39, 0.29) is 5.54 Å². The van der Waals surface area contributed by atoms with Crippen LogP contribution >= 0.6 is 0 Å². The number of hydrogen-bond acceptors (Lipinski definition) is 1. The maximum atomic E-state index is 6.28. The summed E-state index contributed by atoms with van der Waals surface area (Å²) < 4.78 is 0. The van der Waals surface area contributed by atoms with Crippen LogP contribution in [0.4, 0.5) is 0 Å². The molecule has 0 radical (unpaired) electrons. The lowest BCUT2D eigenvalue weighted by Gasteiger charge is -2.39. The van der Waals surface area contributed by atoms with Crippen LogP contribution in [0, 0.1) is 6.92 Å². The van der Waals surface area contributed by atoms with Crippen LogP contribution in [0.3, 0.4) is 0 Å². The summed E-state index contributed by atoms with van der Waals surface area (Å²) in [5, 5.41) is 0. The van der Waals surface area contributed by atoms with Gasteiger partial charge in [0.25, 0.3) is 0 Å². The van der Waals surface area contributed by atoms with Gasteiger partial charge in [-0.3, -0.25) is 0 Å². The molecule has 1 nitrogen and oxygen atoms in total. The van der Waals surface area contributed by atoms with Gasteiger partial charge in [-0.1, -0.05) is 25.1 Å². The number of hydrogen-bond donors (Lipinski definition) is 1. The van der Waals surface area contributed by atoms with E-state index in [0.29, 0.717) is 0 Å². The smallest absolute Gasteiger partial charge is 0.0409 e. The lowest BCUT2D eigenvalue weighted by atomic mass is 9.72. The van der Waals surface area contributed by atoms with Crippen LogP contribution in [0.5, 0.6) is 0 Å². The van der Waals surface area contributed by atoms with Crippen LogP contribution in [0.1, 0.15) is 42.9 Å². The van der Waals surface area contributed by atoms with Crippen molar-refractivity contribution >= 4 is 0 Å². The summed E-state index contributed by atoms with van der Waals surface area (Å²) in [6.07, 6.45) is 4.70. The summed E-state index contributed by atoms with van der Waals surface area (Å²) >= 11 is 0. The van der Waals surface area contributed by atoms with Gasteiger partial charge in [-0.25, -0.2) is 0 Å². The fourth-order valence-electron chi connectivity index (χ4n) is 2.25. The van der Waals surface area contributed by atoms with Gasteiger partial charge in [0.2, 0.25) is 0 Å². The Kier molecular flexibility index (Phi) is 2.36. The van der Waals surface area contributed by atoms with E-state index in [1.54, 1.807) is 0 Å². The molecule has 1 aromatic rings. The second kappa shape index (κ2) is 3.39. The first kappa shape index (κ1) is 9.72. The average molecular weight is 189 g/mol. The Morgan fingerprint density at radius 3 is 2.50 bits per heavy atom. The third kappa shape index (κ3) is 1.46. The molecule has 1 aliphatic carbocycles. The molecule has 1 fully saturated rings. The van der Waals surface area contributed by atoms with E-state index in [9.17, 15) is 0 Å². The van der Waals surface area contributed by atoms with Gasteiger partial charge in [-0.15, -0.1) is 0 Å². The molecule has 0 spiro atoms. The van der Waals surface area contributed by atoms with Crippen molar-refractivity contribution in [1.82, 2.24) is 0 Å². The maximum absolute atomic E-state index is 6.28. The van der Waals surface area contributed by atoms with Crippen LogP contribution in [0.2, 0.25) is 0 Å². The molecule has 0 aliphatic heterocycles. The topological polar surface area (TPSA) is 26.0 Å². The molecule has 0 atom stereocenters. The molecule has 0 heterocycles. The van der Waals surface area contributed by atoms with Crippen LogP contribution in [0.25, 0.3) is 0 Å². The van der Waals surface area contributed by atoms with Gasteiger partial charge in [-0.2, -0.15) is 0 Å². The summed E-state index contributed by atoms with van der Waals surface area (Å²) in [7, 11) is 0. The molecule has 0 aromatic heterocycles. The molecule has 76 valence electrons. The monoisotopic (exact) mass is 189 g/mol. The maximum Gasteiger partial charge on any atom is 0.0409 e. The van der Waals surface area contributed by atoms with Crippen LogP contribution in [0.15, 0.2) is 18.2 Å². The summed E-state index contributed by atoms with van der Waals surface area (Å²) in [4.78, 5) is 0. The highest BCUT2D eigenvalue weighted by Crippen LogP contribution is 2.39. The highest BCUT2D eigenvalue weighted by atomic mass is 14.8. The molecule has 2 N–H and O–H groups in total. The second-order valence-electron chi connectivity index (χ2n) is 4.50. The van der Waals surface area contributed by atoms with Gasteiger partial charge in [0, 0.05) is 5.54 Å². The zero-order valence-corrected chi connectivity index (χ0v) is 9.14. The summed E-state index contributed by atoms with van der Waals surface area (Å²) in [6, 6.07) is 6.72. The van der Waals surface area contributed by atoms with E-state index in [4.69, 9.17) is 5.73 Å². The number of aryl methyl sites for hydroxylation is 2. The first-order valence-electron chi connectivity index (χ1n) is 5.54. The lowest BCUT2D eigenvalue weighted by Crippen LogP contribution is -2.43. The molecule has 1 saturated carbocycles. The normalized spacial score (nSPS) is 19.1. The van der Waals surface area contributed by atoms with Crippen molar-refractivity contribution in [3.05, 3.63) is 34.9 Å². The molecule has 1 aromatic carbocycles. The number of benzene rings is 1. The Hall–Kier alpha value is -0.820. The van der Waals surface area contributed by atoms with Crippen molar-refractivity contribution in [1.29, 1.82) is 0 Å².